The maximum atomic E-state index is 6.05. The summed E-state index contributed by atoms with van der Waals surface area (Å²) in [5.74, 6) is 2.34. The molecule has 0 unspecified atom stereocenters. The summed E-state index contributed by atoms with van der Waals surface area (Å²) in [6.07, 6.45) is 0.825. The number of aromatic nitrogens is 6. The second kappa shape index (κ2) is 11.3. The largest absolute Gasteiger partial charge is 0.385 e. The zero-order valence-corrected chi connectivity index (χ0v) is 20.5. The second-order valence-corrected chi connectivity index (χ2v) is 8.85. The van der Waals surface area contributed by atoms with Crippen molar-refractivity contribution in [3.05, 3.63) is 64.9 Å². The second-order valence-electron chi connectivity index (χ2n) is 7.47. The van der Waals surface area contributed by atoms with Gasteiger partial charge in [-0.15, -0.1) is 10.2 Å². The van der Waals surface area contributed by atoms with Crippen molar-refractivity contribution >= 4 is 40.9 Å². The van der Waals surface area contributed by atoms with E-state index in [1.807, 2.05) is 55.5 Å². The van der Waals surface area contributed by atoms with Crippen LogP contribution in [0.2, 0.25) is 5.02 Å². The Morgan fingerprint density at radius 1 is 1.06 bits per heavy atom. The summed E-state index contributed by atoms with van der Waals surface area (Å²) in [7, 11) is 1.69. The number of anilines is 3. The summed E-state index contributed by atoms with van der Waals surface area (Å²) >= 11 is 7.54. The number of ether oxygens (including phenoxy) is 1. The van der Waals surface area contributed by atoms with Crippen LogP contribution in [0.3, 0.4) is 0 Å². The van der Waals surface area contributed by atoms with E-state index in [0.717, 1.165) is 34.2 Å². The molecule has 176 valence electrons. The van der Waals surface area contributed by atoms with Gasteiger partial charge in [-0.25, -0.2) is 0 Å². The van der Waals surface area contributed by atoms with Gasteiger partial charge in [-0.2, -0.15) is 15.0 Å². The van der Waals surface area contributed by atoms with E-state index in [4.69, 9.17) is 22.1 Å². The number of rotatable bonds is 10. The fraction of sp³-hybridized carbons (Fsp3) is 0.261. The highest BCUT2D eigenvalue weighted by Crippen LogP contribution is 2.27. The average Bonchev–Trinajstić information content (AvgIpc) is 3.22. The number of hydrogen-bond donors (Lipinski definition) is 2. The van der Waals surface area contributed by atoms with E-state index in [2.05, 4.69) is 35.0 Å². The molecule has 0 aliphatic heterocycles. The number of aryl methyl sites for hydroxylation is 1. The number of nitrogen functional groups attached to an aromatic ring is 1. The molecule has 0 radical (unpaired) electrons. The molecule has 2 aromatic heterocycles. The van der Waals surface area contributed by atoms with Crippen LogP contribution in [0, 0.1) is 6.92 Å². The highest BCUT2D eigenvalue weighted by atomic mass is 35.5. The number of hydrogen-bond acceptors (Lipinski definition) is 9. The third kappa shape index (κ3) is 6.02. The Balaban J connectivity index is 1.54. The third-order valence-electron chi connectivity index (χ3n) is 4.97. The molecule has 0 aliphatic carbocycles. The van der Waals surface area contributed by atoms with E-state index < -0.39 is 0 Å². The highest BCUT2D eigenvalue weighted by molar-refractivity contribution is 7.98. The minimum Gasteiger partial charge on any atom is -0.385 e. The summed E-state index contributed by atoms with van der Waals surface area (Å²) in [6.45, 7) is 3.36. The van der Waals surface area contributed by atoms with Crippen LogP contribution in [0.1, 0.15) is 17.8 Å². The van der Waals surface area contributed by atoms with E-state index in [9.17, 15) is 0 Å². The zero-order valence-electron chi connectivity index (χ0n) is 18.9. The van der Waals surface area contributed by atoms with Gasteiger partial charge in [0.15, 0.2) is 11.0 Å². The van der Waals surface area contributed by atoms with E-state index in [-0.39, 0.29) is 5.95 Å². The van der Waals surface area contributed by atoms with Gasteiger partial charge in [0.25, 0.3) is 0 Å². The third-order valence-corrected chi connectivity index (χ3v) is 6.19. The van der Waals surface area contributed by atoms with Gasteiger partial charge in [-0.05, 0) is 49.2 Å². The molecule has 2 aromatic carbocycles. The van der Waals surface area contributed by atoms with Gasteiger partial charge in [-0.3, -0.25) is 0 Å². The van der Waals surface area contributed by atoms with Crippen LogP contribution in [0.15, 0.2) is 53.7 Å². The molecular formula is C23H25ClN8OS. The summed E-state index contributed by atoms with van der Waals surface area (Å²) in [5, 5.41) is 13.5. The van der Waals surface area contributed by atoms with Crippen LogP contribution >= 0.6 is 23.4 Å². The topological polar surface area (TPSA) is 117 Å². The number of para-hydroxylation sites is 1. The molecule has 11 heteroatoms. The number of methoxy groups -OCH3 is 1. The smallest absolute Gasteiger partial charge is 0.232 e. The molecule has 0 saturated heterocycles. The van der Waals surface area contributed by atoms with Gasteiger partial charge in [-0.1, -0.05) is 41.6 Å². The SMILES string of the molecule is COCCCn1c(SCc2nc(N)nc(Nc3ccccc3C)n2)nnc1-c1ccc(Cl)cc1. The maximum Gasteiger partial charge on any atom is 0.232 e. The number of halogens is 1. The van der Waals surface area contributed by atoms with Crippen molar-refractivity contribution in [3.63, 3.8) is 0 Å². The first-order valence-electron chi connectivity index (χ1n) is 10.7. The molecule has 0 bridgehead atoms. The van der Waals surface area contributed by atoms with Gasteiger partial charge in [0.2, 0.25) is 11.9 Å². The number of nitrogens with two attached hydrogens (primary N) is 1. The standard InChI is InChI=1S/C23H25ClN8OS/c1-15-6-3-4-7-18(15)26-22-28-19(27-21(25)29-22)14-34-23-31-30-20(32(23)12-5-13-33-2)16-8-10-17(24)11-9-16/h3-4,6-11H,5,12-14H2,1-2H3,(H3,25,26,27,28,29). The molecule has 4 rings (SSSR count). The highest BCUT2D eigenvalue weighted by Gasteiger charge is 2.16. The Labute approximate surface area is 207 Å². The molecule has 0 aliphatic rings. The normalized spacial score (nSPS) is 11.0. The molecule has 2 heterocycles. The molecule has 4 aromatic rings. The van der Waals surface area contributed by atoms with E-state index in [1.165, 1.54) is 11.8 Å². The monoisotopic (exact) mass is 496 g/mol. The number of nitrogens with one attached hydrogen (secondary N) is 1. The van der Waals surface area contributed by atoms with Crippen molar-refractivity contribution in [1.29, 1.82) is 0 Å². The van der Waals surface area contributed by atoms with Crippen molar-refractivity contribution in [2.45, 2.75) is 30.8 Å². The molecule has 0 atom stereocenters. The van der Waals surface area contributed by atoms with Crippen molar-refractivity contribution in [3.8, 4) is 11.4 Å². The van der Waals surface area contributed by atoms with Crippen LogP contribution in [0.25, 0.3) is 11.4 Å². The van der Waals surface area contributed by atoms with Crippen molar-refractivity contribution < 1.29 is 4.74 Å². The van der Waals surface area contributed by atoms with Gasteiger partial charge in [0.05, 0.1) is 5.75 Å². The fourth-order valence-electron chi connectivity index (χ4n) is 3.30. The van der Waals surface area contributed by atoms with Crippen LogP contribution in [-0.4, -0.2) is 43.4 Å². The molecular weight excluding hydrogens is 472 g/mol. The van der Waals surface area contributed by atoms with E-state index in [0.29, 0.717) is 35.7 Å². The predicted molar refractivity (Wildman–Crippen MR) is 135 cm³/mol. The van der Waals surface area contributed by atoms with Crippen LogP contribution in [0.4, 0.5) is 17.6 Å². The first-order chi connectivity index (χ1) is 16.5. The summed E-state index contributed by atoms with van der Waals surface area (Å²) in [5.41, 5.74) is 8.89. The summed E-state index contributed by atoms with van der Waals surface area (Å²) in [6, 6.07) is 15.5. The lowest BCUT2D eigenvalue weighted by Gasteiger charge is -2.11. The van der Waals surface area contributed by atoms with Crippen LogP contribution < -0.4 is 11.1 Å². The van der Waals surface area contributed by atoms with Gasteiger partial charge >= 0.3 is 0 Å². The lowest BCUT2D eigenvalue weighted by Crippen LogP contribution is -2.08. The quantitative estimate of drug-likeness (QED) is 0.237. The predicted octanol–water partition coefficient (Wildman–Crippen LogP) is 4.75. The lowest BCUT2D eigenvalue weighted by atomic mass is 10.2. The molecule has 9 nitrogen and oxygen atoms in total. The summed E-state index contributed by atoms with van der Waals surface area (Å²) in [4.78, 5) is 13.1. The Morgan fingerprint density at radius 2 is 1.85 bits per heavy atom. The average molecular weight is 497 g/mol. The molecule has 0 saturated carbocycles. The van der Waals surface area contributed by atoms with Crippen molar-refractivity contribution in [2.24, 2.45) is 0 Å². The summed E-state index contributed by atoms with van der Waals surface area (Å²) < 4.78 is 7.30. The van der Waals surface area contributed by atoms with Crippen molar-refractivity contribution in [2.75, 3.05) is 24.8 Å². The molecule has 0 fully saturated rings. The number of thioether (sulfide) groups is 1. The van der Waals surface area contributed by atoms with Crippen molar-refractivity contribution in [1.82, 2.24) is 29.7 Å². The van der Waals surface area contributed by atoms with E-state index in [1.54, 1.807) is 7.11 Å². The van der Waals surface area contributed by atoms with E-state index >= 15 is 0 Å². The maximum absolute atomic E-state index is 6.05. The Kier molecular flexibility index (Phi) is 7.94. The first-order valence-corrected chi connectivity index (χ1v) is 12.0. The minimum atomic E-state index is 0.157. The van der Waals surface area contributed by atoms with Crippen LogP contribution in [-0.2, 0) is 17.0 Å². The number of benzene rings is 2. The van der Waals surface area contributed by atoms with Crippen LogP contribution in [0.5, 0.6) is 0 Å². The molecule has 0 spiro atoms. The Bertz CT molecular complexity index is 1250. The first kappa shape index (κ1) is 23.9. The molecule has 34 heavy (non-hydrogen) atoms. The fourth-order valence-corrected chi connectivity index (χ4v) is 4.24. The Hall–Kier alpha value is -3.21. The zero-order chi connectivity index (χ0) is 23.9. The number of nitrogens with zero attached hydrogens (tertiary/aromatic N) is 6. The van der Waals surface area contributed by atoms with Gasteiger partial charge in [0, 0.05) is 36.5 Å². The van der Waals surface area contributed by atoms with Gasteiger partial charge < -0.3 is 20.4 Å². The minimum absolute atomic E-state index is 0.157. The molecule has 0 amide bonds. The van der Waals surface area contributed by atoms with Gasteiger partial charge in [0.1, 0.15) is 5.82 Å². The Morgan fingerprint density at radius 3 is 2.62 bits per heavy atom. The molecule has 3 N–H and O–H groups in total. The lowest BCUT2D eigenvalue weighted by molar-refractivity contribution is 0.189.